The molecule has 27 heavy (non-hydrogen) atoms. The molecule has 2 aromatic rings. The molecule has 1 atom stereocenters. The number of carboxylic acid groups (broad SMARTS) is 1. The fourth-order valence-corrected chi connectivity index (χ4v) is 3.21. The Kier molecular flexibility index (Phi) is 8.44. The topological polar surface area (TPSA) is 97.5 Å². The Morgan fingerprint density at radius 3 is 2.96 bits per heavy atom. The zero-order chi connectivity index (χ0) is 19.5. The van der Waals surface area contributed by atoms with E-state index >= 15 is 0 Å². The number of carbonyl (C=O) groups is 2. The summed E-state index contributed by atoms with van der Waals surface area (Å²) in [5, 5.41) is 11.2. The molecule has 0 bridgehead atoms. The van der Waals surface area contributed by atoms with Crippen molar-refractivity contribution in [1.29, 1.82) is 0 Å². The number of ether oxygens (including phenoxy) is 1. The van der Waals surface area contributed by atoms with E-state index in [1.807, 2.05) is 29.3 Å². The maximum atomic E-state index is 11.2. The molecule has 1 unspecified atom stereocenters. The fourth-order valence-electron chi connectivity index (χ4n) is 3.21. The van der Waals surface area contributed by atoms with Crippen molar-refractivity contribution in [2.45, 2.75) is 32.4 Å². The summed E-state index contributed by atoms with van der Waals surface area (Å²) in [5.41, 5.74) is 2.37. The lowest BCUT2D eigenvalue weighted by molar-refractivity contribution is -0.140. The number of pyridine rings is 1. The van der Waals surface area contributed by atoms with Crippen molar-refractivity contribution < 1.29 is 19.4 Å². The zero-order valence-electron chi connectivity index (χ0n) is 15.5. The standard InChI is InChI=1S/C18H24N4O2.CH2O2/c1-24-18(23)6-9-22-14-16(11-20-22)13-21-8-5-15(12-21)10-17-4-2-3-7-19-17;2-1-3/h2-4,7,11,14-15H,5-6,8-10,12-13H2,1H3;1H,(H,2,3). The molecule has 8 heteroatoms. The number of carbonyl (C=O) groups excluding carboxylic acids is 1. The number of hydrogen-bond donors (Lipinski definition) is 1. The Bertz CT molecular complexity index is 705. The number of hydrogen-bond acceptors (Lipinski definition) is 6. The van der Waals surface area contributed by atoms with Crippen LogP contribution in [-0.2, 0) is 33.8 Å². The molecule has 146 valence electrons. The quantitative estimate of drug-likeness (QED) is 0.581. The lowest BCUT2D eigenvalue weighted by atomic mass is 10.0. The van der Waals surface area contributed by atoms with Crippen LogP contribution in [0.3, 0.4) is 0 Å². The van der Waals surface area contributed by atoms with E-state index in [4.69, 9.17) is 9.90 Å². The largest absolute Gasteiger partial charge is 0.483 e. The molecular formula is C19H26N4O4. The Morgan fingerprint density at radius 2 is 2.26 bits per heavy atom. The van der Waals surface area contributed by atoms with Gasteiger partial charge in [-0.3, -0.25) is 24.2 Å². The minimum atomic E-state index is -0.250. The third kappa shape index (κ3) is 7.18. The van der Waals surface area contributed by atoms with Gasteiger partial charge in [0.25, 0.3) is 6.47 Å². The van der Waals surface area contributed by atoms with Crippen LogP contribution in [0.1, 0.15) is 24.1 Å². The molecule has 1 aliphatic rings. The fraction of sp³-hybridized carbons (Fsp3) is 0.474. The molecule has 0 saturated carbocycles. The molecular weight excluding hydrogens is 348 g/mol. The number of aromatic nitrogens is 3. The summed E-state index contributed by atoms with van der Waals surface area (Å²) in [6, 6.07) is 6.12. The van der Waals surface area contributed by atoms with E-state index < -0.39 is 0 Å². The van der Waals surface area contributed by atoms with Crippen LogP contribution in [0.15, 0.2) is 36.8 Å². The van der Waals surface area contributed by atoms with Crippen molar-refractivity contribution in [2.24, 2.45) is 5.92 Å². The smallest absolute Gasteiger partial charge is 0.307 e. The van der Waals surface area contributed by atoms with E-state index in [9.17, 15) is 4.79 Å². The van der Waals surface area contributed by atoms with Crippen molar-refractivity contribution in [3.63, 3.8) is 0 Å². The minimum absolute atomic E-state index is 0.205. The van der Waals surface area contributed by atoms with Gasteiger partial charge in [0.1, 0.15) is 0 Å². The van der Waals surface area contributed by atoms with Crippen molar-refractivity contribution in [3.05, 3.63) is 48.0 Å². The van der Waals surface area contributed by atoms with E-state index in [-0.39, 0.29) is 12.4 Å². The maximum absolute atomic E-state index is 11.2. The van der Waals surface area contributed by atoms with E-state index in [0.29, 0.717) is 18.9 Å². The van der Waals surface area contributed by atoms with Crippen LogP contribution < -0.4 is 0 Å². The number of esters is 1. The maximum Gasteiger partial charge on any atom is 0.307 e. The molecule has 1 aliphatic heterocycles. The Hall–Kier alpha value is -2.74. The summed E-state index contributed by atoms with van der Waals surface area (Å²) in [4.78, 5) is 26.4. The molecule has 0 aliphatic carbocycles. The lowest BCUT2D eigenvalue weighted by Gasteiger charge is -2.14. The summed E-state index contributed by atoms with van der Waals surface area (Å²) in [6.45, 7) is 3.45. The second kappa shape index (κ2) is 11.1. The predicted molar refractivity (Wildman–Crippen MR) is 98.9 cm³/mol. The monoisotopic (exact) mass is 374 g/mol. The van der Waals surface area contributed by atoms with E-state index in [1.54, 1.807) is 0 Å². The average molecular weight is 374 g/mol. The molecule has 3 heterocycles. The van der Waals surface area contributed by atoms with Gasteiger partial charge in [0, 0.05) is 36.7 Å². The molecule has 1 N–H and O–H groups in total. The first kappa shape index (κ1) is 20.6. The number of aryl methyl sites for hydroxylation is 1. The van der Waals surface area contributed by atoms with E-state index in [2.05, 4.69) is 31.9 Å². The highest BCUT2D eigenvalue weighted by Gasteiger charge is 2.23. The minimum Gasteiger partial charge on any atom is -0.483 e. The molecule has 1 fully saturated rings. The van der Waals surface area contributed by atoms with Gasteiger partial charge in [0.2, 0.25) is 0 Å². The number of likely N-dealkylation sites (tertiary alicyclic amines) is 1. The van der Waals surface area contributed by atoms with Gasteiger partial charge in [-0.2, -0.15) is 5.10 Å². The average Bonchev–Trinajstić information content (AvgIpc) is 3.31. The summed E-state index contributed by atoms with van der Waals surface area (Å²) < 4.78 is 6.47. The first-order valence-electron chi connectivity index (χ1n) is 8.92. The molecule has 0 aromatic carbocycles. The van der Waals surface area contributed by atoms with E-state index in [1.165, 1.54) is 24.8 Å². The number of methoxy groups -OCH3 is 1. The van der Waals surface area contributed by atoms with Gasteiger partial charge in [-0.1, -0.05) is 6.07 Å². The van der Waals surface area contributed by atoms with Gasteiger partial charge in [-0.25, -0.2) is 0 Å². The molecule has 3 rings (SSSR count). The van der Waals surface area contributed by atoms with Crippen LogP contribution in [0.25, 0.3) is 0 Å². The zero-order valence-corrected chi connectivity index (χ0v) is 15.5. The highest BCUT2D eigenvalue weighted by Crippen LogP contribution is 2.21. The van der Waals surface area contributed by atoms with Crippen molar-refractivity contribution in [1.82, 2.24) is 19.7 Å². The number of nitrogens with zero attached hydrogens (tertiary/aromatic N) is 4. The van der Waals surface area contributed by atoms with Crippen molar-refractivity contribution in [2.75, 3.05) is 20.2 Å². The summed E-state index contributed by atoms with van der Waals surface area (Å²) >= 11 is 0. The van der Waals surface area contributed by atoms with Crippen LogP contribution in [-0.4, -0.2) is 57.4 Å². The molecule has 2 aromatic heterocycles. The second-order valence-electron chi connectivity index (χ2n) is 6.46. The highest BCUT2D eigenvalue weighted by molar-refractivity contribution is 5.68. The van der Waals surface area contributed by atoms with Gasteiger partial charge in [0.15, 0.2) is 0 Å². The van der Waals surface area contributed by atoms with Crippen molar-refractivity contribution in [3.8, 4) is 0 Å². The molecule has 0 amide bonds. The first-order chi connectivity index (χ1) is 13.1. The normalized spacial score (nSPS) is 16.4. The van der Waals surface area contributed by atoms with Gasteiger partial charge < -0.3 is 9.84 Å². The molecule has 1 saturated heterocycles. The van der Waals surface area contributed by atoms with Crippen LogP contribution in [0, 0.1) is 5.92 Å². The van der Waals surface area contributed by atoms with E-state index in [0.717, 1.165) is 26.1 Å². The van der Waals surface area contributed by atoms with Gasteiger partial charge in [-0.05, 0) is 37.4 Å². The van der Waals surface area contributed by atoms with Crippen LogP contribution in [0.4, 0.5) is 0 Å². The molecule has 8 nitrogen and oxygen atoms in total. The predicted octanol–water partition coefficient (Wildman–Crippen LogP) is 1.61. The third-order valence-electron chi connectivity index (χ3n) is 4.46. The van der Waals surface area contributed by atoms with Crippen molar-refractivity contribution >= 4 is 12.4 Å². The molecule has 0 spiro atoms. The third-order valence-corrected chi connectivity index (χ3v) is 4.46. The Labute approximate surface area is 158 Å². The number of rotatable bonds is 7. The Morgan fingerprint density at radius 1 is 1.44 bits per heavy atom. The summed E-state index contributed by atoms with van der Waals surface area (Å²) in [7, 11) is 1.41. The van der Waals surface area contributed by atoms with Crippen LogP contribution in [0.2, 0.25) is 0 Å². The lowest BCUT2D eigenvalue weighted by Crippen LogP contribution is -2.20. The Balaban J connectivity index is 0.000000817. The second-order valence-corrected chi connectivity index (χ2v) is 6.46. The SMILES string of the molecule is COC(=O)CCn1cc(CN2CCC(Cc3ccccn3)C2)cn1.O=CO. The van der Waals surface area contributed by atoms with Crippen LogP contribution >= 0.6 is 0 Å². The molecule has 0 radical (unpaired) electrons. The first-order valence-corrected chi connectivity index (χ1v) is 8.92. The van der Waals surface area contributed by atoms with Crippen LogP contribution in [0.5, 0.6) is 0 Å². The summed E-state index contributed by atoms with van der Waals surface area (Å²) in [6.07, 6.45) is 8.40. The highest BCUT2D eigenvalue weighted by atomic mass is 16.5. The van der Waals surface area contributed by atoms with Gasteiger partial charge in [0.05, 0.1) is 26.3 Å². The summed E-state index contributed by atoms with van der Waals surface area (Å²) in [5.74, 6) is 0.471. The van der Waals surface area contributed by atoms with Gasteiger partial charge in [-0.15, -0.1) is 0 Å². The van der Waals surface area contributed by atoms with Gasteiger partial charge >= 0.3 is 5.97 Å².